The summed E-state index contributed by atoms with van der Waals surface area (Å²) in [5.74, 6) is 2.50. The average Bonchev–Trinajstić information content (AvgIpc) is 3.08. The Bertz CT molecular complexity index is 685. The van der Waals surface area contributed by atoms with Crippen LogP contribution in [0.3, 0.4) is 0 Å². The highest BCUT2D eigenvalue weighted by atomic mass is 16.5. The van der Waals surface area contributed by atoms with Crippen LogP contribution in [-0.2, 0) is 6.61 Å². The van der Waals surface area contributed by atoms with E-state index in [9.17, 15) is 0 Å². The summed E-state index contributed by atoms with van der Waals surface area (Å²) in [7, 11) is 1.65. The Morgan fingerprint density at radius 3 is 2.43 bits per heavy atom. The summed E-state index contributed by atoms with van der Waals surface area (Å²) in [4.78, 5) is 0. The summed E-state index contributed by atoms with van der Waals surface area (Å²) in [6.45, 7) is 0.515. The maximum atomic E-state index is 5.78. The van der Waals surface area contributed by atoms with E-state index < -0.39 is 0 Å². The minimum atomic E-state index is 0.515. The van der Waals surface area contributed by atoms with Crippen molar-refractivity contribution >= 4 is 0 Å². The Morgan fingerprint density at radius 2 is 1.71 bits per heavy atom. The van der Waals surface area contributed by atoms with Crippen molar-refractivity contribution in [3.8, 4) is 22.8 Å². The van der Waals surface area contributed by atoms with E-state index in [0.717, 1.165) is 28.4 Å². The zero-order valence-electron chi connectivity index (χ0n) is 11.8. The van der Waals surface area contributed by atoms with Gasteiger partial charge in [-0.25, -0.2) is 0 Å². The van der Waals surface area contributed by atoms with Crippen LogP contribution in [0.15, 0.2) is 71.3 Å². The largest absolute Gasteiger partial charge is 0.497 e. The molecule has 0 aliphatic carbocycles. The van der Waals surface area contributed by atoms with Gasteiger partial charge in [-0.2, -0.15) is 0 Å². The topological polar surface area (TPSA) is 31.6 Å². The molecule has 0 saturated carbocycles. The third kappa shape index (κ3) is 3.26. The molecule has 0 spiro atoms. The van der Waals surface area contributed by atoms with Gasteiger partial charge in [0.25, 0.3) is 0 Å². The SMILES string of the molecule is COc1ccc(OCc2cccc(-c3ccco3)c2)cc1. The molecule has 1 heterocycles. The molecule has 0 amide bonds. The van der Waals surface area contributed by atoms with Crippen LogP contribution in [0.2, 0.25) is 0 Å². The normalized spacial score (nSPS) is 10.3. The van der Waals surface area contributed by atoms with Crippen molar-refractivity contribution in [2.24, 2.45) is 0 Å². The number of benzene rings is 2. The van der Waals surface area contributed by atoms with Crippen LogP contribution in [0.5, 0.6) is 11.5 Å². The predicted molar refractivity (Wildman–Crippen MR) is 81.5 cm³/mol. The second-order valence-corrected chi connectivity index (χ2v) is 4.64. The molecule has 21 heavy (non-hydrogen) atoms. The van der Waals surface area contributed by atoms with Crippen molar-refractivity contribution in [2.45, 2.75) is 6.61 Å². The van der Waals surface area contributed by atoms with E-state index in [2.05, 4.69) is 6.07 Å². The van der Waals surface area contributed by atoms with Gasteiger partial charge in [-0.15, -0.1) is 0 Å². The minimum absolute atomic E-state index is 0.515. The van der Waals surface area contributed by atoms with Gasteiger partial charge in [-0.05, 0) is 48.0 Å². The molecule has 0 N–H and O–H groups in total. The molecule has 0 bridgehead atoms. The van der Waals surface area contributed by atoms with Crippen LogP contribution >= 0.6 is 0 Å². The third-order valence-electron chi connectivity index (χ3n) is 3.20. The van der Waals surface area contributed by atoms with Gasteiger partial charge in [0, 0.05) is 5.56 Å². The van der Waals surface area contributed by atoms with Crippen molar-refractivity contribution < 1.29 is 13.9 Å². The summed E-state index contributed by atoms with van der Waals surface area (Å²) in [6.07, 6.45) is 1.68. The van der Waals surface area contributed by atoms with Crippen molar-refractivity contribution in [1.82, 2.24) is 0 Å². The number of hydrogen-bond acceptors (Lipinski definition) is 3. The first-order valence-corrected chi connectivity index (χ1v) is 6.75. The van der Waals surface area contributed by atoms with Gasteiger partial charge in [0.1, 0.15) is 23.9 Å². The Hall–Kier alpha value is -2.68. The number of ether oxygens (including phenoxy) is 2. The van der Waals surface area contributed by atoms with Crippen molar-refractivity contribution in [2.75, 3.05) is 7.11 Å². The van der Waals surface area contributed by atoms with E-state index in [1.54, 1.807) is 13.4 Å². The van der Waals surface area contributed by atoms with Crippen LogP contribution in [-0.4, -0.2) is 7.11 Å². The lowest BCUT2D eigenvalue weighted by Gasteiger charge is -2.08. The molecule has 0 radical (unpaired) electrons. The molecule has 3 rings (SSSR count). The summed E-state index contributed by atoms with van der Waals surface area (Å²) < 4.78 is 16.3. The van der Waals surface area contributed by atoms with Gasteiger partial charge in [-0.1, -0.05) is 18.2 Å². The molecule has 2 aromatic carbocycles. The number of furan rings is 1. The molecule has 3 aromatic rings. The molecule has 0 aliphatic heterocycles. The number of methoxy groups -OCH3 is 1. The summed E-state index contributed by atoms with van der Waals surface area (Å²) in [5.41, 5.74) is 2.15. The van der Waals surface area contributed by atoms with Crippen LogP contribution in [0.25, 0.3) is 11.3 Å². The lowest BCUT2D eigenvalue weighted by Crippen LogP contribution is -1.95. The maximum absolute atomic E-state index is 5.78. The fourth-order valence-corrected chi connectivity index (χ4v) is 2.10. The highest BCUT2D eigenvalue weighted by Crippen LogP contribution is 2.22. The van der Waals surface area contributed by atoms with Gasteiger partial charge in [0.05, 0.1) is 13.4 Å². The van der Waals surface area contributed by atoms with Gasteiger partial charge in [0.2, 0.25) is 0 Å². The average molecular weight is 280 g/mol. The maximum Gasteiger partial charge on any atom is 0.133 e. The Kier molecular flexibility index (Phi) is 3.92. The fourth-order valence-electron chi connectivity index (χ4n) is 2.10. The Morgan fingerprint density at radius 1 is 0.905 bits per heavy atom. The van der Waals surface area contributed by atoms with Gasteiger partial charge < -0.3 is 13.9 Å². The van der Waals surface area contributed by atoms with Crippen molar-refractivity contribution in [3.05, 3.63) is 72.5 Å². The first-order chi connectivity index (χ1) is 10.3. The predicted octanol–water partition coefficient (Wildman–Crippen LogP) is 4.53. The zero-order chi connectivity index (χ0) is 14.5. The molecule has 0 fully saturated rings. The van der Waals surface area contributed by atoms with Crippen LogP contribution in [0, 0.1) is 0 Å². The van der Waals surface area contributed by atoms with E-state index in [1.165, 1.54) is 0 Å². The lowest BCUT2D eigenvalue weighted by molar-refractivity contribution is 0.305. The quantitative estimate of drug-likeness (QED) is 0.688. The van der Waals surface area contributed by atoms with Crippen molar-refractivity contribution in [3.63, 3.8) is 0 Å². The van der Waals surface area contributed by atoms with Gasteiger partial charge in [-0.3, -0.25) is 0 Å². The molecular weight excluding hydrogens is 264 g/mol. The fraction of sp³-hybridized carbons (Fsp3) is 0.111. The first-order valence-electron chi connectivity index (χ1n) is 6.75. The number of hydrogen-bond donors (Lipinski definition) is 0. The van der Waals surface area contributed by atoms with E-state index in [1.807, 2.05) is 54.6 Å². The summed E-state index contributed by atoms with van der Waals surface area (Å²) in [5, 5.41) is 0. The van der Waals surface area contributed by atoms with E-state index in [4.69, 9.17) is 13.9 Å². The standard InChI is InChI=1S/C18H16O3/c1-19-16-7-9-17(10-8-16)21-13-14-4-2-5-15(12-14)18-6-3-11-20-18/h2-12H,13H2,1H3. The lowest BCUT2D eigenvalue weighted by atomic mass is 10.1. The van der Waals surface area contributed by atoms with Crippen LogP contribution < -0.4 is 9.47 Å². The van der Waals surface area contributed by atoms with E-state index >= 15 is 0 Å². The molecule has 0 atom stereocenters. The summed E-state index contributed by atoms with van der Waals surface area (Å²) >= 11 is 0. The minimum Gasteiger partial charge on any atom is -0.497 e. The first kappa shape index (κ1) is 13.3. The molecular formula is C18H16O3. The second-order valence-electron chi connectivity index (χ2n) is 4.64. The Labute approximate surface area is 123 Å². The van der Waals surface area contributed by atoms with E-state index in [-0.39, 0.29) is 0 Å². The molecule has 106 valence electrons. The highest BCUT2D eigenvalue weighted by molar-refractivity contribution is 5.58. The third-order valence-corrected chi connectivity index (χ3v) is 3.20. The molecule has 0 saturated heterocycles. The molecule has 0 aliphatic rings. The highest BCUT2D eigenvalue weighted by Gasteiger charge is 2.02. The Balaban J connectivity index is 1.68. The molecule has 0 unspecified atom stereocenters. The zero-order valence-corrected chi connectivity index (χ0v) is 11.8. The van der Waals surface area contributed by atoms with Crippen LogP contribution in [0.4, 0.5) is 0 Å². The van der Waals surface area contributed by atoms with E-state index in [0.29, 0.717) is 6.61 Å². The smallest absolute Gasteiger partial charge is 0.133 e. The molecule has 3 nitrogen and oxygen atoms in total. The monoisotopic (exact) mass is 280 g/mol. The molecule has 1 aromatic heterocycles. The second kappa shape index (κ2) is 6.18. The van der Waals surface area contributed by atoms with Crippen LogP contribution in [0.1, 0.15) is 5.56 Å². The number of rotatable bonds is 5. The van der Waals surface area contributed by atoms with Gasteiger partial charge >= 0.3 is 0 Å². The van der Waals surface area contributed by atoms with Crippen molar-refractivity contribution in [1.29, 1.82) is 0 Å². The molecule has 3 heteroatoms. The summed E-state index contributed by atoms with van der Waals surface area (Å²) in [6, 6.07) is 19.5. The van der Waals surface area contributed by atoms with Gasteiger partial charge in [0.15, 0.2) is 0 Å².